The highest BCUT2D eigenvalue weighted by Gasteiger charge is 2.12. The minimum absolute atomic E-state index is 0.0544. The third kappa shape index (κ3) is 4.64. The van der Waals surface area contributed by atoms with Crippen molar-refractivity contribution in [3.63, 3.8) is 0 Å². The second-order valence-electron chi connectivity index (χ2n) is 5.55. The van der Waals surface area contributed by atoms with Crippen molar-refractivity contribution in [2.45, 2.75) is 26.8 Å². The zero-order valence-corrected chi connectivity index (χ0v) is 13.6. The molecule has 0 saturated carbocycles. The first kappa shape index (κ1) is 16.7. The first-order chi connectivity index (χ1) is 11.0. The van der Waals surface area contributed by atoms with Crippen molar-refractivity contribution >= 4 is 11.8 Å². The molecule has 1 heterocycles. The van der Waals surface area contributed by atoms with E-state index in [4.69, 9.17) is 0 Å². The highest BCUT2D eigenvalue weighted by Crippen LogP contribution is 2.10. The number of pyridine rings is 1. The molecule has 0 aliphatic rings. The Morgan fingerprint density at radius 2 is 1.78 bits per heavy atom. The van der Waals surface area contributed by atoms with Crippen molar-refractivity contribution < 1.29 is 9.59 Å². The summed E-state index contributed by atoms with van der Waals surface area (Å²) in [6.07, 6.45) is 3.36. The maximum absolute atomic E-state index is 12.1. The molecule has 0 bridgehead atoms. The normalized spacial score (nSPS) is 11.6. The Morgan fingerprint density at radius 1 is 1.09 bits per heavy atom. The smallest absolute Gasteiger partial charge is 0.251 e. The predicted molar refractivity (Wildman–Crippen MR) is 89.0 cm³/mol. The fourth-order valence-electron chi connectivity index (χ4n) is 2.17. The Balaban J connectivity index is 1.86. The molecule has 120 valence electrons. The van der Waals surface area contributed by atoms with Crippen molar-refractivity contribution in [2.75, 3.05) is 6.54 Å². The van der Waals surface area contributed by atoms with Crippen LogP contribution in [0, 0.1) is 13.8 Å². The van der Waals surface area contributed by atoms with Gasteiger partial charge < -0.3 is 10.6 Å². The lowest BCUT2D eigenvalue weighted by Gasteiger charge is -2.14. The minimum Gasteiger partial charge on any atom is -0.348 e. The number of hydrogen-bond donors (Lipinski definition) is 2. The van der Waals surface area contributed by atoms with Gasteiger partial charge in [0.1, 0.15) is 0 Å². The average Bonchev–Trinajstić information content (AvgIpc) is 2.56. The Kier molecular flexibility index (Phi) is 5.46. The summed E-state index contributed by atoms with van der Waals surface area (Å²) in [6.45, 7) is 5.78. The average molecular weight is 311 g/mol. The molecule has 0 saturated heterocycles. The summed E-state index contributed by atoms with van der Waals surface area (Å²) >= 11 is 0. The van der Waals surface area contributed by atoms with E-state index in [1.807, 2.05) is 45.0 Å². The molecule has 0 radical (unpaired) electrons. The van der Waals surface area contributed by atoms with Crippen LogP contribution in [0.5, 0.6) is 0 Å². The molecule has 1 atom stereocenters. The fraction of sp³-hybridized carbons (Fsp3) is 0.278. The third-order valence-corrected chi connectivity index (χ3v) is 3.76. The number of benzene rings is 1. The van der Waals surface area contributed by atoms with Crippen LogP contribution in [0.25, 0.3) is 0 Å². The quantitative estimate of drug-likeness (QED) is 0.890. The van der Waals surface area contributed by atoms with E-state index in [9.17, 15) is 9.59 Å². The van der Waals surface area contributed by atoms with Gasteiger partial charge in [-0.05, 0) is 61.7 Å². The maximum Gasteiger partial charge on any atom is 0.251 e. The van der Waals surface area contributed by atoms with E-state index in [1.54, 1.807) is 18.5 Å². The molecule has 1 unspecified atom stereocenters. The largest absolute Gasteiger partial charge is 0.348 e. The van der Waals surface area contributed by atoms with Gasteiger partial charge in [-0.1, -0.05) is 6.07 Å². The van der Waals surface area contributed by atoms with Gasteiger partial charge in [-0.3, -0.25) is 14.6 Å². The van der Waals surface area contributed by atoms with Gasteiger partial charge in [0.25, 0.3) is 5.91 Å². The summed E-state index contributed by atoms with van der Waals surface area (Å²) in [5.74, 6) is -0.480. The first-order valence-electron chi connectivity index (χ1n) is 7.52. The van der Waals surface area contributed by atoms with Crippen molar-refractivity contribution in [3.05, 3.63) is 65.0 Å². The molecular weight excluding hydrogens is 290 g/mol. The van der Waals surface area contributed by atoms with E-state index in [0.29, 0.717) is 5.56 Å². The number of nitrogens with zero attached hydrogens (tertiary/aromatic N) is 1. The molecule has 2 amide bonds. The Labute approximate surface area is 136 Å². The number of carbonyl (C=O) groups is 2. The highest BCUT2D eigenvalue weighted by atomic mass is 16.2. The Morgan fingerprint density at radius 3 is 2.43 bits per heavy atom. The Bertz CT molecular complexity index is 699. The molecule has 2 aromatic rings. The monoisotopic (exact) mass is 311 g/mol. The van der Waals surface area contributed by atoms with E-state index in [-0.39, 0.29) is 24.4 Å². The SMILES string of the molecule is Cc1ccc(C(=O)NCC(=O)NC(C)c2ccncc2)cc1C. The molecule has 23 heavy (non-hydrogen) atoms. The number of aryl methyl sites for hydroxylation is 2. The zero-order valence-electron chi connectivity index (χ0n) is 13.6. The van der Waals surface area contributed by atoms with Crippen LogP contribution in [0.4, 0.5) is 0 Å². The second-order valence-corrected chi connectivity index (χ2v) is 5.55. The molecular formula is C18H21N3O2. The van der Waals surface area contributed by atoms with E-state index in [2.05, 4.69) is 15.6 Å². The molecule has 2 rings (SSSR count). The topological polar surface area (TPSA) is 71.1 Å². The summed E-state index contributed by atoms with van der Waals surface area (Å²) in [5.41, 5.74) is 3.70. The summed E-state index contributed by atoms with van der Waals surface area (Å²) in [4.78, 5) is 28.0. The van der Waals surface area contributed by atoms with Crippen molar-refractivity contribution in [3.8, 4) is 0 Å². The summed E-state index contributed by atoms with van der Waals surface area (Å²) in [5, 5.41) is 5.48. The van der Waals surface area contributed by atoms with E-state index in [0.717, 1.165) is 16.7 Å². The third-order valence-electron chi connectivity index (χ3n) is 3.76. The van der Waals surface area contributed by atoms with E-state index in [1.165, 1.54) is 0 Å². The number of hydrogen-bond acceptors (Lipinski definition) is 3. The van der Waals surface area contributed by atoms with Gasteiger partial charge in [-0.2, -0.15) is 0 Å². The molecule has 2 N–H and O–H groups in total. The van der Waals surface area contributed by atoms with Gasteiger partial charge in [-0.15, -0.1) is 0 Å². The lowest BCUT2D eigenvalue weighted by molar-refractivity contribution is -0.120. The Hall–Kier alpha value is -2.69. The predicted octanol–water partition coefficient (Wildman–Crippen LogP) is 2.31. The maximum atomic E-state index is 12.1. The highest BCUT2D eigenvalue weighted by molar-refractivity contribution is 5.96. The van der Waals surface area contributed by atoms with E-state index < -0.39 is 0 Å². The summed E-state index contributed by atoms with van der Waals surface area (Å²) < 4.78 is 0. The number of amides is 2. The minimum atomic E-state index is -0.250. The van der Waals surface area contributed by atoms with Crippen LogP contribution < -0.4 is 10.6 Å². The van der Waals surface area contributed by atoms with Gasteiger partial charge in [0.05, 0.1) is 12.6 Å². The van der Waals surface area contributed by atoms with Gasteiger partial charge in [0.15, 0.2) is 0 Å². The lowest BCUT2D eigenvalue weighted by Crippen LogP contribution is -2.38. The molecule has 0 spiro atoms. The van der Waals surface area contributed by atoms with Crippen molar-refractivity contribution in [2.24, 2.45) is 0 Å². The number of nitrogens with one attached hydrogen (secondary N) is 2. The summed E-state index contributed by atoms with van der Waals surface area (Å²) in [7, 11) is 0. The molecule has 0 fully saturated rings. The zero-order chi connectivity index (χ0) is 16.8. The fourth-order valence-corrected chi connectivity index (χ4v) is 2.17. The van der Waals surface area contributed by atoms with Crippen LogP contribution in [0.1, 0.15) is 40.0 Å². The van der Waals surface area contributed by atoms with Crippen molar-refractivity contribution in [1.29, 1.82) is 0 Å². The first-order valence-corrected chi connectivity index (χ1v) is 7.52. The molecule has 5 heteroatoms. The number of rotatable bonds is 5. The molecule has 0 aliphatic heterocycles. The van der Waals surface area contributed by atoms with Crippen LogP contribution in [0.2, 0.25) is 0 Å². The lowest BCUT2D eigenvalue weighted by atomic mass is 10.1. The molecule has 1 aromatic heterocycles. The van der Waals surface area contributed by atoms with Crippen LogP contribution >= 0.6 is 0 Å². The second kappa shape index (κ2) is 7.54. The summed E-state index contributed by atoms with van der Waals surface area (Å²) in [6, 6.07) is 9.04. The van der Waals surface area contributed by atoms with Gasteiger partial charge in [0.2, 0.25) is 5.91 Å². The van der Waals surface area contributed by atoms with Crippen LogP contribution in [-0.2, 0) is 4.79 Å². The van der Waals surface area contributed by atoms with Crippen LogP contribution in [0.3, 0.4) is 0 Å². The van der Waals surface area contributed by atoms with Gasteiger partial charge in [-0.25, -0.2) is 0 Å². The molecule has 1 aromatic carbocycles. The van der Waals surface area contributed by atoms with E-state index >= 15 is 0 Å². The van der Waals surface area contributed by atoms with Gasteiger partial charge in [0, 0.05) is 18.0 Å². The molecule has 0 aliphatic carbocycles. The number of aromatic nitrogens is 1. The number of carbonyl (C=O) groups excluding carboxylic acids is 2. The van der Waals surface area contributed by atoms with Crippen molar-refractivity contribution in [1.82, 2.24) is 15.6 Å². The standard InChI is InChI=1S/C18H21N3O2/c1-12-4-5-16(10-13(12)2)18(23)20-11-17(22)21-14(3)15-6-8-19-9-7-15/h4-10,14H,11H2,1-3H3,(H,20,23)(H,21,22). The van der Waals surface area contributed by atoms with Crippen LogP contribution in [0.15, 0.2) is 42.7 Å². The van der Waals surface area contributed by atoms with Gasteiger partial charge >= 0.3 is 0 Å². The molecule has 5 nitrogen and oxygen atoms in total. The van der Waals surface area contributed by atoms with Crippen LogP contribution in [-0.4, -0.2) is 23.3 Å².